The second-order valence-corrected chi connectivity index (χ2v) is 16.0. The molecule has 0 radical (unpaired) electrons. The molecule has 0 saturated carbocycles. The molecule has 310 valence electrons. The number of hydroxylamine groups is 1. The number of aromatic nitrogens is 2. The van der Waals surface area contributed by atoms with Crippen molar-refractivity contribution in [2.75, 3.05) is 13.2 Å². The topological polar surface area (TPSA) is 198 Å². The fourth-order valence-corrected chi connectivity index (χ4v) is 4.97. The van der Waals surface area contributed by atoms with Gasteiger partial charge in [0.15, 0.2) is 12.1 Å². The second kappa shape index (κ2) is 26.1. The summed E-state index contributed by atoms with van der Waals surface area (Å²) < 4.78 is 16.5. The second-order valence-electron chi connectivity index (χ2n) is 16.0. The number of Topliss-reactive ketones (excluding diaryl/α,β-unsaturated/α-hetero) is 1. The van der Waals surface area contributed by atoms with E-state index in [1.54, 1.807) is 30.9 Å². The van der Waals surface area contributed by atoms with Gasteiger partial charge in [-0.1, -0.05) is 53.7 Å². The van der Waals surface area contributed by atoms with E-state index in [2.05, 4.69) is 48.3 Å². The Morgan fingerprint density at radius 1 is 0.727 bits per heavy atom. The number of carbonyl (C=O) groups excluding carboxylic acids is 3. The summed E-state index contributed by atoms with van der Waals surface area (Å²) in [5, 5.41) is 23.9. The quantitative estimate of drug-likeness (QED) is 0.0384. The maximum atomic E-state index is 12.5. The third-order valence-electron chi connectivity index (χ3n) is 7.82. The van der Waals surface area contributed by atoms with Crippen molar-refractivity contribution in [3.63, 3.8) is 0 Å². The highest BCUT2D eigenvalue weighted by molar-refractivity contribution is 5.79. The molecule has 2 aromatic rings. The zero-order chi connectivity index (χ0) is 41.6. The molecule has 2 heterocycles. The SMILES string of the molecule is CC(C)COC(C)OCC(=O)CCc1ccc(CN[C@@H](CC(C)C)C(=O)OC(C)(C)C)cn1.CC(C)C[C@H](NCc1ccc(CCC(=O)NO)nc1)C(=O)O. The third kappa shape index (κ3) is 24.3. The van der Waals surface area contributed by atoms with Gasteiger partial charge in [-0.05, 0) is 94.4 Å². The van der Waals surface area contributed by atoms with Crippen molar-refractivity contribution in [2.45, 2.75) is 145 Å². The van der Waals surface area contributed by atoms with Crippen LogP contribution in [0.15, 0.2) is 36.7 Å². The van der Waals surface area contributed by atoms with Crippen LogP contribution in [-0.2, 0) is 59.3 Å². The number of rotatable bonds is 24. The number of pyridine rings is 2. The molecular weight excluding hydrogens is 706 g/mol. The van der Waals surface area contributed by atoms with E-state index in [4.69, 9.17) is 24.5 Å². The lowest BCUT2D eigenvalue weighted by atomic mass is 10.0. The van der Waals surface area contributed by atoms with Crippen LogP contribution >= 0.6 is 0 Å². The molecule has 2 aromatic heterocycles. The van der Waals surface area contributed by atoms with Crippen LogP contribution < -0.4 is 16.1 Å². The number of hydrogen-bond donors (Lipinski definition) is 5. The minimum atomic E-state index is -0.853. The molecule has 1 unspecified atom stereocenters. The van der Waals surface area contributed by atoms with E-state index in [0.717, 1.165) is 22.5 Å². The van der Waals surface area contributed by atoms with Crippen molar-refractivity contribution in [1.29, 1.82) is 0 Å². The van der Waals surface area contributed by atoms with Gasteiger partial charge in [0.05, 0.1) is 6.61 Å². The van der Waals surface area contributed by atoms with E-state index in [1.165, 1.54) is 0 Å². The predicted molar refractivity (Wildman–Crippen MR) is 210 cm³/mol. The molecule has 0 aliphatic rings. The summed E-state index contributed by atoms with van der Waals surface area (Å²) in [6.45, 7) is 21.3. The van der Waals surface area contributed by atoms with Crippen molar-refractivity contribution in [3.05, 3.63) is 59.2 Å². The minimum absolute atomic E-state index is 0.0245. The molecule has 0 aliphatic carbocycles. The van der Waals surface area contributed by atoms with Crippen LogP contribution in [0.2, 0.25) is 0 Å². The molecule has 0 fully saturated rings. The van der Waals surface area contributed by atoms with E-state index >= 15 is 0 Å². The Labute approximate surface area is 327 Å². The number of ether oxygens (including phenoxy) is 3. The number of ketones is 1. The molecule has 3 atom stereocenters. The molecule has 1 amide bonds. The normalized spacial score (nSPS) is 13.2. The van der Waals surface area contributed by atoms with Crippen LogP contribution in [0.25, 0.3) is 0 Å². The average Bonchev–Trinajstić information content (AvgIpc) is 3.11. The molecule has 55 heavy (non-hydrogen) atoms. The monoisotopic (exact) mass is 773 g/mol. The first kappa shape index (κ1) is 49.2. The number of carboxylic acids is 1. The highest BCUT2D eigenvalue weighted by Gasteiger charge is 2.25. The van der Waals surface area contributed by atoms with Gasteiger partial charge in [-0.15, -0.1) is 0 Å². The number of aryl methyl sites for hydroxylation is 2. The molecule has 14 heteroatoms. The molecular formula is C41H67N5O9. The summed E-state index contributed by atoms with van der Waals surface area (Å²) >= 11 is 0. The number of carbonyl (C=O) groups is 4. The Morgan fingerprint density at radius 3 is 1.67 bits per heavy atom. The molecule has 0 saturated heterocycles. The van der Waals surface area contributed by atoms with Crippen molar-refractivity contribution in [2.24, 2.45) is 17.8 Å². The standard InChI is InChI=1S/C26H44N2O5.C15H23N3O4/c1-18(2)13-24(25(30)33-26(6,7)8)28-15-21-9-10-22(27-14-21)11-12-23(29)17-32-20(5)31-16-19(3)4;1-10(2)7-13(15(20)21)17-9-11-3-4-12(16-8-11)5-6-14(19)18-22/h9-10,14,18-20,24,28H,11-13,15-17H2,1-8H3;3-4,8,10,13,17,22H,5-7,9H2,1-2H3,(H,18,19)(H,20,21)/t20?,24-;13-/m00/s1. The molecule has 2 rings (SSSR count). The van der Waals surface area contributed by atoms with Crippen LogP contribution in [-0.4, -0.2) is 81.1 Å². The first-order chi connectivity index (χ1) is 25.8. The molecule has 0 aromatic carbocycles. The maximum absolute atomic E-state index is 12.5. The van der Waals surface area contributed by atoms with E-state index in [1.807, 2.05) is 52.8 Å². The largest absolute Gasteiger partial charge is 0.480 e. The van der Waals surface area contributed by atoms with Gasteiger partial charge in [0.2, 0.25) is 5.91 Å². The number of amides is 1. The number of nitrogens with zero attached hydrogens (tertiary/aromatic N) is 2. The third-order valence-corrected chi connectivity index (χ3v) is 7.82. The van der Waals surface area contributed by atoms with Gasteiger partial charge in [0, 0.05) is 49.7 Å². The Hall–Kier alpha value is -3.82. The van der Waals surface area contributed by atoms with Gasteiger partial charge in [0.25, 0.3) is 0 Å². The highest BCUT2D eigenvalue weighted by Crippen LogP contribution is 2.14. The number of nitrogens with one attached hydrogen (secondary N) is 3. The van der Waals surface area contributed by atoms with Gasteiger partial charge < -0.3 is 30.0 Å². The van der Waals surface area contributed by atoms with E-state index < -0.39 is 23.5 Å². The lowest BCUT2D eigenvalue weighted by Gasteiger charge is -2.25. The van der Waals surface area contributed by atoms with Crippen LogP contribution in [0, 0.1) is 17.8 Å². The molecule has 5 N–H and O–H groups in total. The molecule has 0 spiro atoms. The minimum Gasteiger partial charge on any atom is -0.480 e. The van der Waals surface area contributed by atoms with Crippen molar-refractivity contribution in [3.8, 4) is 0 Å². The Balaban J connectivity index is 0.000000596. The predicted octanol–water partition coefficient (Wildman–Crippen LogP) is 5.57. The molecule has 0 bridgehead atoms. The van der Waals surface area contributed by atoms with Gasteiger partial charge >= 0.3 is 11.9 Å². The van der Waals surface area contributed by atoms with Crippen molar-refractivity contribution < 1.29 is 43.7 Å². The summed E-state index contributed by atoms with van der Waals surface area (Å²) in [6.07, 6.45) is 5.85. The zero-order valence-electron chi connectivity index (χ0n) is 34.6. The van der Waals surface area contributed by atoms with Crippen LogP contribution in [0.5, 0.6) is 0 Å². The Kier molecular flexibility index (Phi) is 23.4. The number of esters is 1. The summed E-state index contributed by atoms with van der Waals surface area (Å²) in [5.41, 5.74) is 4.50. The average molecular weight is 774 g/mol. The summed E-state index contributed by atoms with van der Waals surface area (Å²) in [7, 11) is 0. The molecule has 0 aliphatic heterocycles. The maximum Gasteiger partial charge on any atom is 0.323 e. The smallest absolute Gasteiger partial charge is 0.323 e. The number of carboxylic acid groups (broad SMARTS) is 1. The van der Waals surface area contributed by atoms with E-state index in [0.29, 0.717) is 69.6 Å². The fourth-order valence-electron chi connectivity index (χ4n) is 4.97. The van der Waals surface area contributed by atoms with Crippen LogP contribution in [0.1, 0.15) is 117 Å². The van der Waals surface area contributed by atoms with Crippen LogP contribution in [0.4, 0.5) is 0 Å². The van der Waals surface area contributed by atoms with Gasteiger partial charge in [0.1, 0.15) is 24.3 Å². The van der Waals surface area contributed by atoms with Crippen molar-refractivity contribution in [1.82, 2.24) is 26.1 Å². The lowest BCUT2D eigenvalue weighted by molar-refractivity contribution is -0.158. The van der Waals surface area contributed by atoms with Gasteiger partial charge in [-0.3, -0.25) is 34.4 Å². The first-order valence-corrected chi connectivity index (χ1v) is 19.3. The zero-order valence-corrected chi connectivity index (χ0v) is 34.6. The fraction of sp³-hybridized carbons (Fsp3) is 0.659. The molecule has 14 nitrogen and oxygen atoms in total. The Bertz CT molecular complexity index is 1410. The summed E-state index contributed by atoms with van der Waals surface area (Å²) in [4.78, 5) is 55.4. The van der Waals surface area contributed by atoms with E-state index in [-0.39, 0.29) is 37.1 Å². The van der Waals surface area contributed by atoms with Crippen LogP contribution in [0.3, 0.4) is 0 Å². The van der Waals surface area contributed by atoms with Gasteiger partial charge in [-0.2, -0.15) is 0 Å². The summed E-state index contributed by atoms with van der Waals surface area (Å²) in [6, 6.07) is 6.59. The number of hydrogen-bond acceptors (Lipinski definition) is 12. The lowest BCUT2D eigenvalue weighted by Crippen LogP contribution is -2.41. The summed E-state index contributed by atoms with van der Waals surface area (Å²) in [5.74, 6) is -0.427. The van der Waals surface area contributed by atoms with Crippen molar-refractivity contribution >= 4 is 23.6 Å². The van der Waals surface area contributed by atoms with E-state index in [9.17, 15) is 19.2 Å². The highest BCUT2D eigenvalue weighted by atomic mass is 16.7. The first-order valence-electron chi connectivity index (χ1n) is 19.3. The van der Waals surface area contributed by atoms with Gasteiger partial charge in [-0.25, -0.2) is 5.48 Å². The number of aliphatic carboxylic acids is 1. The Morgan fingerprint density at radius 2 is 1.24 bits per heavy atom.